The molecule has 2 nitrogen and oxygen atoms in total. The minimum Gasteiger partial charge on any atom is -0.249 e. The predicted molar refractivity (Wildman–Crippen MR) is 120 cm³/mol. The van der Waals surface area contributed by atoms with Gasteiger partial charge in [-0.05, 0) is 30.5 Å². The second-order valence-electron chi connectivity index (χ2n) is 7.09. The molecule has 0 saturated carbocycles. The molecule has 0 amide bonds. The maximum Gasteiger partial charge on any atom is 0.0968 e. The van der Waals surface area contributed by atoms with Crippen LogP contribution in [0.1, 0.15) is 5.69 Å². The van der Waals surface area contributed by atoms with Crippen molar-refractivity contribution in [2.75, 3.05) is 0 Å². The fraction of sp³-hybridized carbons (Fsp3) is 0.0400. The van der Waals surface area contributed by atoms with Gasteiger partial charge in [0.2, 0.25) is 0 Å². The van der Waals surface area contributed by atoms with Crippen molar-refractivity contribution in [1.29, 1.82) is 0 Å². The van der Waals surface area contributed by atoms with Crippen LogP contribution >= 0.6 is 11.3 Å². The van der Waals surface area contributed by atoms with E-state index in [2.05, 4.69) is 85.8 Å². The SMILES string of the molecule is Cc1nc2c(ccc3ccccc32)nc1-c1cccc2sc3ccccc3c12. The van der Waals surface area contributed by atoms with Crippen LogP contribution in [0.3, 0.4) is 0 Å². The highest BCUT2D eigenvalue weighted by atomic mass is 32.1. The van der Waals surface area contributed by atoms with Gasteiger partial charge >= 0.3 is 0 Å². The summed E-state index contributed by atoms with van der Waals surface area (Å²) in [6.45, 7) is 2.07. The van der Waals surface area contributed by atoms with Gasteiger partial charge < -0.3 is 0 Å². The van der Waals surface area contributed by atoms with Gasteiger partial charge in [-0.3, -0.25) is 0 Å². The van der Waals surface area contributed by atoms with Gasteiger partial charge in [-0.25, -0.2) is 9.97 Å². The Hall–Kier alpha value is -3.30. The lowest BCUT2D eigenvalue weighted by Crippen LogP contribution is -1.95. The number of benzene rings is 4. The summed E-state index contributed by atoms with van der Waals surface area (Å²) in [5, 5.41) is 4.92. The summed E-state index contributed by atoms with van der Waals surface area (Å²) < 4.78 is 2.60. The highest BCUT2D eigenvalue weighted by Crippen LogP contribution is 2.40. The van der Waals surface area contributed by atoms with Gasteiger partial charge in [0.05, 0.1) is 22.4 Å². The van der Waals surface area contributed by atoms with Gasteiger partial charge in [-0.1, -0.05) is 60.7 Å². The standard InChI is InChI=1S/C25H16N2S/c1-15-24(27-20-14-13-16-7-2-3-8-17(16)25(20)26-15)19-10-6-12-22-23(19)18-9-4-5-11-21(18)28-22/h2-14H,1H3. The van der Waals surface area contributed by atoms with Gasteiger partial charge in [0, 0.05) is 31.1 Å². The van der Waals surface area contributed by atoms with Crippen LogP contribution in [0.4, 0.5) is 0 Å². The van der Waals surface area contributed by atoms with E-state index in [0.29, 0.717) is 0 Å². The molecule has 0 saturated heterocycles. The van der Waals surface area contributed by atoms with Gasteiger partial charge in [-0.2, -0.15) is 0 Å². The number of aryl methyl sites for hydroxylation is 1. The lowest BCUT2D eigenvalue weighted by molar-refractivity contribution is 1.20. The van der Waals surface area contributed by atoms with E-state index in [4.69, 9.17) is 9.97 Å². The summed E-state index contributed by atoms with van der Waals surface area (Å²) in [4.78, 5) is 10.1. The first-order chi connectivity index (χ1) is 13.8. The highest BCUT2D eigenvalue weighted by Gasteiger charge is 2.15. The Bertz CT molecular complexity index is 1530. The van der Waals surface area contributed by atoms with Gasteiger partial charge in [0.1, 0.15) is 0 Å². The summed E-state index contributed by atoms with van der Waals surface area (Å²) in [5.74, 6) is 0. The molecule has 0 bridgehead atoms. The lowest BCUT2D eigenvalue weighted by Gasteiger charge is -2.10. The molecule has 0 aliphatic heterocycles. The first kappa shape index (κ1) is 15.7. The number of fused-ring (bicyclic) bond motifs is 6. The predicted octanol–water partition coefficient (Wildman–Crippen LogP) is 7.13. The molecule has 132 valence electrons. The Morgan fingerprint density at radius 2 is 1.46 bits per heavy atom. The molecule has 2 aromatic heterocycles. The van der Waals surface area contributed by atoms with Crippen LogP contribution in [-0.2, 0) is 0 Å². The number of aromatic nitrogens is 2. The molecular formula is C25H16N2S. The zero-order valence-corrected chi connectivity index (χ0v) is 16.1. The van der Waals surface area contributed by atoms with Crippen molar-refractivity contribution in [3.05, 3.63) is 84.6 Å². The maximum atomic E-state index is 5.07. The van der Waals surface area contributed by atoms with Crippen molar-refractivity contribution in [2.45, 2.75) is 6.92 Å². The molecule has 3 heteroatoms. The molecule has 0 unspecified atom stereocenters. The first-order valence-electron chi connectivity index (χ1n) is 9.36. The summed E-state index contributed by atoms with van der Waals surface area (Å²) >= 11 is 1.83. The smallest absolute Gasteiger partial charge is 0.0968 e. The molecule has 0 atom stereocenters. The summed E-state index contributed by atoms with van der Waals surface area (Å²) in [7, 11) is 0. The Labute approximate surface area is 166 Å². The average Bonchev–Trinajstić information content (AvgIpc) is 3.12. The van der Waals surface area contributed by atoms with E-state index in [1.54, 1.807) is 0 Å². The summed E-state index contributed by atoms with van der Waals surface area (Å²) in [5.41, 5.74) is 5.01. The van der Waals surface area contributed by atoms with Crippen LogP contribution in [0, 0.1) is 6.92 Å². The molecule has 0 aliphatic carbocycles. The van der Waals surface area contributed by atoms with E-state index in [-0.39, 0.29) is 0 Å². The van der Waals surface area contributed by atoms with Crippen LogP contribution in [0.25, 0.3) is 53.2 Å². The zero-order valence-electron chi connectivity index (χ0n) is 15.3. The molecule has 28 heavy (non-hydrogen) atoms. The molecule has 4 aromatic carbocycles. The molecule has 0 radical (unpaired) electrons. The largest absolute Gasteiger partial charge is 0.249 e. The summed E-state index contributed by atoms with van der Waals surface area (Å²) in [6, 6.07) is 27.7. The maximum absolute atomic E-state index is 5.07. The summed E-state index contributed by atoms with van der Waals surface area (Å²) in [6.07, 6.45) is 0. The van der Waals surface area contributed by atoms with Gasteiger partial charge in [0.25, 0.3) is 0 Å². The van der Waals surface area contributed by atoms with E-state index < -0.39 is 0 Å². The Balaban J connectivity index is 1.71. The fourth-order valence-corrected chi connectivity index (χ4v) is 5.23. The second-order valence-corrected chi connectivity index (χ2v) is 8.17. The van der Waals surface area contributed by atoms with Crippen LogP contribution in [-0.4, -0.2) is 9.97 Å². The topological polar surface area (TPSA) is 25.8 Å². The average molecular weight is 376 g/mol. The third-order valence-corrected chi connectivity index (χ3v) is 6.53. The third-order valence-electron chi connectivity index (χ3n) is 5.39. The highest BCUT2D eigenvalue weighted by molar-refractivity contribution is 7.25. The molecule has 6 rings (SSSR count). The van der Waals surface area contributed by atoms with Crippen molar-refractivity contribution >= 4 is 53.3 Å². The third kappa shape index (κ3) is 2.20. The van der Waals surface area contributed by atoms with E-state index >= 15 is 0 Å². The van der Waals surface area contributed by atoms with Crippen molar-refractivity contribution in [3.8, 4) is 11.3 Å². The van der Waals surface area contributed by atoms with Crippen LogP contribution in [0.15, 0.2) is 78.9 Å². The quantitative estimate of drug-likeness (QED) is 0.285. The van der Waals surface area contributed by atoms with Gasteiger partial charge in [0.15, 0.2) is 0 Å². The van der Waals surface area contributed by atoms with Gasteiger partial charge in [-0.15, -0.1) is 11.3 Å². The van der Waals surface area contributed by atoms with E-state index in [9.17, 15) is 0 Å². The second kappa shape index (κ2) is 5.85. The molecule has 0 fully saturated rings. The minimum absolute atomic E-state index is 0.941. The molecule has 0 spiro atoms. The molecule has 0 N–H and O–H groups in total. The van der Waals surface area contributed by atoms with Crippen molar-refractivity contribution in [1.82, 2.24) is 9.97 Å². The number of nitrogens with zero attached hydrogens (tertiary/aromatic N) is 2. The monoisotopic (exact) mass is 376 g/mol. The molecule has 2 heterocycles. The molecule has 6 aromatic rings. The molecule has 0 aliphatic rings. The number of thiophene rings is 1. The number of hydrogen-bond donors (Lipinski definition) is 0. The zero-order chi connectivity index (χ0) is 18.7. The number of hydrogen-bond acceptors (Lipinski definition) is 3. The van der Waals surface area contributed by atoms with Crippen LogP contribution in [0.5, 0.6) is 0 Å². The normalized spacial score (nSPS) is 11.8. The molecular weight excluding hydrogens is 360 g/mol. The van der Waals surface area contributed by atoms with Crippen molar-refractivity contribution in [3.63, 3.8) is 0 Å². The Morgan fingerprint density at radius 3 is 2.39 bits per heavy atom. The first-order valence-corrected chi connectivity index (χ1v) is 10.2. The van der Waals surface area contributed by atoms with Crippen LogP contribution in [0.2, 0.25) is 0 Å². The lowest BCUT2D eigenvalue weighted by atomic mass is 10.0. The minimum atomic E-state index is 0.941. The van der Waals surface area contributed by atoms with Crippen molar-refractivity contribution < 1.29 is 0 Å². The Kier molecular flexibility index (Phi) is 3.28. The van der Waals surface area contributed by atoms with E-state index in [1.165, 1.54) is 25.6 Å². The fourth-order valence-electron chi connectivity index (χ4n) is 4.10. The van der Waals surface area contributed by atoms with Crippen LogP contribution < -0.4 is 0 Å². The Morgan fingerprint density at radius 1 is 0.679 bits per heavy atom. The van der Waals surface area contributed by atoms with E-state index in [1.807, 2.05) is 11.3 Å². The van der Waals surface area contributed by atoms with E-state index in [0.717, 1.165) is 33.4 Å². The number of rotatable bonds is 1. The van der Waals surface area contributed by atoms with Crippen molar-refractivity contribution in [2.24, 2.45) is 0 Å².